The first-order chi connectivity index (χ1) is 13.7. The highest BCUT2D eigenvalue weighted by Crippen LogP contribution is 2.22. The van der Waals surface area contributed by atoms with E-state index in [-0.39, 0.29) is 12.5 Å². The summed E-state index contributed by atoms with van der Waals surface area (Å²) >= 11 is 0. The SMILES string of the molecule is CC(/C=C/C=C/c1ccccc1)=NNC(=O)CNc1cccc2ccccc12. The fraction of sp³-hybridized carbons (Fsp3) is 0.0833. The minimum atomic E-state index is -0.194. The molecule has 3 rings (SSSR count). The van der Waals surface area contributed by atoms with E-state index in [1.54, 1.807) is 0 Å². The van der Waals surface area contributed by atoms with Gasteiger partial charge in [-0.25, -0.2) is 5.43 Å². The minimum absolute atomic E-state index is 0.155. The van der Waals surface area contributed by atoms with E-state index in [9.17, 15) is 4.79 Å². The quantitative estimate of drug-likeness (QED) is 0.349. The van der Waals surface area contributed by atoms with Crippen LogP contribution in [-0.2, 0) is 4.79 Å². The Balaban J connectivity index is 1.49. The van der Waals surface area contributed by atoms with Gasteiger partial charge in [-0.05, 0) is 30.0 Å². The largest absolute Gasteiger partial charge is 0.376 e. The van der Waals surface area contributed by atoms with E-state index in [0.717, 1.165) is 27.7 Å². The summed E-state index contributed by atoms with van der Waals surface area (Å²) in [6.45, 7) is 1.99. The van der Waals surface area contributed by atoms with Crippen LogP contribution in [0.5, 0.6) is 0 Å². The van der Waals surface area contributed by atoms with Crippen LogP contribution >= 0.6 is 0 Å². The minimum Gasteiger partial charge on any atom is -0.376 e. The highest BCUT2D eigenvalue weighted by atomic mass is 16.2. The van der Waals surface area contributed by atoms with Crippen LogP contribution in [0.25, 0.3) is 16.8 Å². The molecule has 0 aliphatic carbocycles. The van der Waals surface area contributed by atoms with Gasteiger partial charge < -0.3 is 5.32 Å². The summed E-state index contributed by atoms with van der Waals surface area (Å²) in [4.78, 5) is 12.1. The molecule has 28 heavy (non-hydrogen) atoms. The molecule has 0 unspecified atom stereocenters. The molecule has 0 atom stereocenters. The molecule has 1 amide bonds. The van der Waals surface area contributed by atoms with E-state index in [1.807, 2.05) is 104 Å². The molecule has 4 nitrogen and oxygen atoms in total. The fourth-order valence-electron chi connectivity index (χ4n) is 2.71. The second-order valence-electron chi connectivity index (χ2n) is 6.30. The van der Waals surface area contributed by atoms with E-state index in [2.05, 4.69) is 15.8 Å². The van der Waals surface area contributed by atoms with Crippen LogP contribution in [0.2, 0.25) is 0 Å². The Morgan fingerprint density at radius 1 is 0.929 bits per heavy atom. The first-order valence-corrected chi connectivity index (χ1v) is 9.17. The maximum Gasteiger partial charge on any atom is 0.259 e. The van der Waals surface area contributed by atoms with Gasteiger partial charge in [0.25, 0.3) is 5.91 Å². The monoisotopic (exact) mass is 369 g/mol. The van der Waals surface area contributed by atoms with Gasteiger partial charge >= 0.3 is 0 Å². The van der Waals surface area contributed by atoms with Crippen molar-refractivity contribution in [1.82, 2.24) is 5.43 Å². The van der Waals surface area contributed by atoms with Crippen molar-refractivity contribution in [3.63, 3.8) is 0 Å². The molecule has 0 saturated heterocycles. The van der Waals surface area contributed by atoms with Crippen molar-refractivity contribution in [3.05, 3.63) is 96.6 Å². The topological polar surface area (TPSA) is 53.5 Å². The number of allylic oxidation sites excluding steroid dienone is 3. The van der Waals surface area contributed by atoms with Crippen LogP contribution in [0.3, 0.4) is 0 Å². The summed E-state index contributed by atoms with van der Waals surface area (Å²) in [5.74, 6) is -0.194. The van der Waals surface area contributed by atoms with Crippen LogP contribution in [0, 0.1) is 0 Å². The zero-order valence-electron chi connectivity index (χ0n) is 15.8. The fourth-order valence-corrected chi connectivity index (χ4v) is 2.71. The molecular formula is C24H23N3O. The van der Waals surface area contributed by atoms with Gasteiger partial charge in [0.05, 0.1) is 12.3 Å². The molecule has 0 bridgehead atoms. The summed E-state index contributed by atoms with van der Waals surface area (Å²) in [5.41, 5.74) is 5.35. The molecule has 0 aliphatic heterocycles. The van der Waals surface area contributed by atoms with E-state index in [0.29, 0.717) is 0 Å². The number of carbonyl (C=O) groups excluding carboxylic acids is 1. The first kappa shape index (κ1) is 19.1. The molecule has 0 radical (unpaired) electrons. The molecule has 0 aromatic heterocycles. The predicted molar refractivity (Wildman–Crippen MR) is 118 cm³/mol. The van der Waals surface area contributed by atoms with E-state index < -0.39 is 0 Å². The number of anilines is 1. The normalized spacial score (nSPS) is 12.0. The lowest BCUT2D eigenvalue weighted by molar-refractivity contribution is -0.119. The average molecular weight is 369 g/mol. The number of hydrazone groups is 1. The van der Waals surface area contributed by atoms with Crippen molar-refractivity contribution in [3.8, 4) is 0 Å². The Bertz CT molecular complexity index is 1010. The average Bonchev–Trinajstić information content (AvgIpc) is 2.74. The van der Waals surface area contributed by atoms with Crippen molar-refractivity contribution < 1.29 is 4.79 Å². The standard InChI is InChI=1S/C24H23N3O/c1-19(10-5-6-13-20-11-3-2-4-12-20)26-27-24(28)18-25-23-17-9-15-21-14-7-8-16-22(21)23/h2-17,25H,18H2,1H3,(H,27,28)/b10-5+,13-6+,26-19?. The summed E-state index contributed by atoms with van der Waals surface area (Å²) in [5, 5.41) is 9.49. The van der Waals surface area contributed by atoms with Gasteiger partial charge in [0.2, 0.25) is 0 Å². The number of nitrogens with zero attached hydrogens (tertiary/aromatic N) is 1. The van der Waals surface area contributed by atoms with Gasteiger partial charge in [0.1, 0.15) is 0 Å². The molecule has 0 saturated carbocycles. The van der Waals surface area contributed by atoms with E-state index in [4.69, 9.17) is 0 Å². The van der Waals surface area contributed by atoms with E-state index >= 15 is 0 Å². The summed E-state index contributed by atoms with van der Waals surface area (Å²) < 4.78 is 0. The predicted octanol–water partition coefficient (Wildman–Crippen LogP) is 5.01. The second-order valence-corrected chi connectivity index (χ2v) is 6.30. The Kier molecular flexibility index (Phi) is 6.74. The van der Waals surface area contributed by atoms with Gasteiger partial charge in [-0.2, -0.15) is 5.10 Å². The third kappa shape index (κ3) is 5.68. The number of carbonyl (C=O) groups is 1. The van der Waals surface area contributed by atoms with Crippen molar-refractivity contribution in [2.75, 3.05) is 11.9 Å². The molecule has 140 valence electrons. The molecule has 3 aromatic rings. The van der Waals surface area contributed by atoms with Crippen molar-refractivity contribution >= 4 is 34.2 Å². The van der Waals surface area contributed by atoms with Crippen LogP contribution in [-0.4, -0.2) is 18.2 Å². The molecule has 0 heterocycles. The number of rotatable bonds is 7. The lowest BCUT2D eigenvalue weighted by Crippen LogP contribution is -2.26. The third-order valence-corrected chi connectivity index (χ3v) is 4.12. The zero-order chi connectivity index (χ0) is 19.6. The highest BCUT2D eigenvalue weighted by Gasteiger charge is 2.03. The summed E-state index contributed by atoms with van der Waals surface area (Å²) in [7, 11) is 0. The molecule has 0 aliphatic rings. The lowest BCUT2D eigenvalue weighted by atomic mass is 10.1. The molecular weight excluding hydrogens is 346 g/mol. The Morgan fingerprint density at radius 3 is 2.54 bits per heavy atom. The zero-order valence-corrected chi connectivity index (χ0v) is 15.8. The number of hydrogen-bond acceptors (Lipinski definition) is 3. The second kappa shape index (κ2) is 9.88. The van der Waals surface area contributed by atoms with Crippen LogP contribution in [0.15, 0.2) is 96.1 Å². The van der Waals surface area contributed by atoms with Gasteiger partial charge in [-0.1, -0.05) is 85.0 Å². The molecule has 2 N–H and O–H groups in total. The van der Waals surface area contributed by atoms with Crippen molar-refractivity contribution in [2.45, 2.75) is 6.92 Å². The molecule has 3 aromatic carbocycles. The molecule has 0 fully saturated rings. The highest BCUT2D eigenvalue weighted by molar-refractivity contribution is 5.96. The Morgan fingerprint density at radius 2 is 1.68 bits per heavy atom. The Labute approximate surface area is 165 Å². The number of nitrogens with one attached hydrogen (secondary N) is 2. The van der Waals surface area contributed by atoms with Gasteiger partial charge in [0, 0.05) is 11.1 Å². The number of amides is 1. The van der Waals surface area contributed by atoms with Crippen molar-refractivity contribution in [1.29, 1.82) is 0 Å². The maximum atomic E-state index is 12.1. The lowest BCUT2D eigenvalue weighted by Gasteiger charge is -2.09. The molecule has 0 spiro atoms. The maximum absolute atomic E-state index is 12.1. The van der Waals surface area contributed by atoms with Crippen LogP contribution in [0.4, 0.5) is 5.69 Å². The third-order valence-electron chi connectivity index (χ3n) is 4.12. The van der Waals surface area contributed by atoms with Crippen molar-refractivity contribution in [2.24, 2.45) is 5.10 Å². The number of benzene rings is 3. The van der Waals surface area contributed by atoms with Gasteiger partial charge in [0.15, 0.2) is 0 Å². The van der Waals surface area contributed by atoms with Crippen LogP contribution < -0.4 is 10.7 Å². The smallest absolute Gasteiger partial charge is 0.259 e. The molecule has 4 heteroatoms. The summed E-state index contributed by atoms with van der Waals surface area (Å²) in [6, 6.07) is 24.1. The summed E-state index contributed by atoms with van der Waals surface area (Å²) in [6.07, 6.45) is 7.69. The number of fused-ring (bicyclic) bond motifs is 1. The number of hydrogen-bond donors (Lipinski definition) is 2. The van der Waals surface area contributed by atoms with Gasteiger partial charge in [-0.3, -0.25) is 4.79 Å². The van der Waals surface area contributed by atoms with Crippen LogP contribution in [0.1, 0.15) is 12.5 Å². The Hall–Kier alpha value is -3.66. The first-order valence-electron chi connectivity index (χ1n) is 9.17. The van der Waals surface area contributed by atoms with E-state index in [1.165, 1.54) is 0 Å². The van der Waals surface area contributed by atoms with Gasteiger partial charge in [-0.15, -0.1) is 0 Å².